The van der Waals surface area contributed by atoms with E-state index in [1.165, 1.54) is 40.9 Å². The third-order valence-corrected chi connectivity index (χ3v) is 6.80. The van der Waals surface area contributed by atoms with Crippen LogP contribution >= 0.6 is 0 Å². The second kappa shape index (κ2) is 16.2. The van der Waals surface area contributed by atoms with E-state index in [2.05, 4.69) is 138 Å². The molecule has 2 aliphatic rings. The molecule has 0 unspecified atom stereocenters. The van der Waals surface area contributed by atoms with Crippen LogP contribution in [0.2, 0.25) is 0 Å². The van der Waals surface area contributed by atoms with Gasteiger partial charge in [-0.25, -0.2) is 0 Å². The molecule has 1 heteroatoms. The number of rotatable bonds is 3. The fourth-order valence-electron chi connectivity index (χ4n) is 4.38. The van der Waals surface area contributed by atoms with Gasteiger partial charge in [-0.2, -0.15) is 0 Å². The number of allylic oxidation sites excluding steroid dienone is 8. The Morgan fingerprint density at radius 2 is 1.24 bits per heavy atom. The molecule has 1 nitrogen and oxygen atoms in total. The zero-order valence-corrected chi connectivity index (χ0v) is 26.4. The average molecular weight is 514 g/mol. The van der Waals surface area contributed by atoms with Crippen LogP contribution in [0.5, 0.6) is 0 Å². The quantitative estimate of drug-likeness (QED) is 0.394. The molecule has 0 N–H and O–H groups in total. The molecule has 0 fully saturated rings. The maximum Gasteiger partial charge on any atom is 0.0405 e. The summed E-state index contributed by atoms with van der Waals surface area (Å²) in [5.74, 6) is 0. The Morgan fingerprint density at radius 3 is 1.68 bits per heavy atom. The molecular formula is C37H55N. The van der Waals surface area contributed by atoms with Crippen LogP contribution in [0.15, 0.2) is 96.2 Å². The predicted molar refractivity (Wildman–Crippen MR) is 174 cm³/mol. The zero-order chi connectivity index (χ0) is 28.8. The van der Waals surface area contributed by atoms with E-state index < -0.39 is 0 Å². The maximum atomic E-state index is 2.31. The molecule has 0 saturated carbocycles. The highest BCUT2D eigenvalue weighted by Gasteiger charge is 2.19. The van der Waals surface area contributed by atoms with Crippen LogP contribution in [0.4, 0.5) is 5.69 Å². The van der Waals surface area contributed by atoms with Crippen molar-refractivity contribution in [2.24, 2.45) is 5.41 Å². The van der Waals surface area contributed by atoms with E-state index >= 15 is 0 Å². The Bertz CT molecular complexity index is 1050. The molecule has 0 spiro atoms. The number of nitrogens with zero attached hydrogens (tertiary/aromatic N) is 1. The fourth-order valence-corrected chi connectivity index (χ4v) is 4.38. The molecule has 0 aliphatic heterocycles. The van der Waals surface area contributed by atoms with Gasteiger partial charge in [0.15, 0.2) is 0 Å². The lowest BCUT2D eigenvalue weighted by Crippen LogP contribution is -2.17. The Labute approximate surface area is 236 Å². The van der Waals surface area contributed by atoms with Gasteiger partial charge in [-0.1, -0.05) is 142 Å². The monoisotopic (exact) mass is 513 g/mol. The smallest absolute Gasteiger partial charge is 0.0405 e. The molecule has 2 aromatic rings. The highest BCUT2D eigenvalue weighted by molar-refractivity contribution is 5.68. The van der Waals surface area contributed by atoms with E-state index in [1.807, 2.05) is 27.7 Å². The number of hydrogen-bond donors (Lipinski definition) is 0. The van der Waals surface area contributed by atoms with Gasteiger partial charge < -0.3 is 4.90 Å². The van der Waals surface area contributed by atoms with E-state index in [1.54, 1.807) is 5.57 Å². The largest absolute Gasteiger partial charge is 0.348 e. The van der Waals surface area contributed by atoms with Gasteiger partial charge in [0, 0.05) is 18.4 Å². The third kappa shape index (κ3) is 10.5. The maximum absolute atomic E-state index is 2.31. The molecule has 2 aliphatic carbocycles. The van der Waals surface area contributed by atoms with Crippen molar-refractivity contribution < 1.29 is 0 Å². The second-order valence-corrected chi connectivity index (χ2v) is 11.5. The minimum Gasteiger partial charge on any atom is -0.348 e. The van der Waals surface area contributed by atoms with E-state index in [9.17, 15) is 0 Å². The fraction of sp³-hybridized carbons (Fsp3) is 0.459. The lowest BCUT2D eigenvalue weighted by Gasteiger charge is -2.26. The minimum absolute atomic E-state index is 0.226. The van der Waals surface area contributed by atoms with Gasteiger partial charge >= 0.3 is 0 Å². The Kier molecular flexibility index (Phi) is 14.2. The van der Waals surface area contributed by atoms with E-state index in [0.29, 0.717) is 5.41 Å². The van der Waals surface area contributed by atoms with Crippen molar-refractivity contribution in [3.8, 4) is 0 Å². The summed E-state index contributed by atoms with van der Waals surface area (Å²) in [6.07, 6.45) is 15.8. The van der Waals surface area contributed by atoms with Crippen LogP contribution < -0.4 is 4.90 Å². The summed E-state index contributed by atoms with van der Waals surface area (Å²) in [4.78, 5) is 2.29. The lowest BCUT2D eigenvalue weighted by molar-refractivity contribution is 0.482. The molecule has 4 rings (SSSR count). The highest BCUT2D eigenvalue weighted by Crippen LogP contribution is 2.35. The molecule has 0 saturated heterocycles. The van der Waals surface area contributed by atoms with Crippen molar-refractivity contribution in [1.29, 1.82) is 0 Å². The van der Waals surface area contributed by atoms with Crippen molar-refractivity contribution in [1.82, 2.24) is 0 Å². The molecule has 2 aromatic carbocycles. The van der Waals surface area contributed by atoms with E-state index in [0.717, 1.165) is 12.8 Å². The van der Waals surface area contributed by atoms with Crippen LogP contribution in [-0.4, -0.2) is 7.05 Å². The summed E-state index contributed by atoms with van der Waals surface area (Å²) in [6, 6.07) is 19.6. The first-order valence-electron chi connectivity index (χ1n) is 14.7. The van der Waals surface area contributed by atoms with Gasteiger partial charge in [0.25, 0.3) is 0 Å². The molecule has 0 radical (unpaired) electrons. The second-order valence-electron chi connectivity index (χ2n) is 11.5. The molecule has 0 atom stereocenters. The van der Waals surface area contributed by atoms with Gasteiger partial charge in [0.2, 0.25) is 0 Å². The van der Waals surface area contributed by atoms with Crippen LogP contribution in [0, 0.1) is 5.41 Å². The summed E-state index contributed by atoms with van der Waals surface area (Å²) in [6.45, 7) is 21.6. The normalized spacial score (nSPS) is 14.7. The van der Waals surface area contributed by atoms with Crippen molar-refractivity contribution in [2.45, 2.75) is 100 Å². The van der Waals surface area contributed by atoms with Gasteiger partial charge in [-0.05, 0) is 71.4 Å². The summed E-state index contributed by atoms with van der Waals surface area (Å²) in [5.41, 5.74) is 8.98. The molecule has 0 heterocycles. The Balaban J connectivity index is 0.000000338. The molecule has 0 amide bonds. The highest BCUT2D eigenvalue weighted by atomic mass is 15.1. The summed E-state index contributed by atoms with van der Waals surface area (Å²) >= 11 is 0. The van der Waals surface area contributed by atoms with Gasteiger partial charge in [-0.15, -0.1) is 0 Å². The van der Waals surface area contributed by atoms with Crippen LogP contribution in [-0.2, 0) is 5.41 Å². The van der Waals surface area contributed by atoms with Crippen LogP contribution in [0.3, 0.4) is 0 Å². The molecule has 208 valence electrons. The zero-order valence-electron chi connectivity index (χ0n) is 26.4. The summed E-state index contributed by atoms with van der Waals surface area (Å²) in [5, 5.41) is 0. The van der Waals surface area contributed by atoms with Gasteiger partial charge in [-0.3, -0.25) is 0 Å². The molecule has 38 heavy (non-hydrogen) atoms. The summed E-state index contributed by atoms with van der Waals surface area (Å²) in [7, 11) is 2.15. The predicted octanol–water partition coefficient (Wildman–Crippen LogP) is 11.5. The van der Waals surface area contributed by atoms with E-state index in [4.69, 9.17) is 0 Å². The number of anilines is 1. The number of hydrogen-bond acceptors (Lipinski definition) is 1. The van der Waals surface area contributed by atoms with E-state index in [-0.39, 0.29) is 5.41 Å². The Hall–Kier alpha value is -2.80. The lowest BCUT2D eigenvalue weighted by atomic mass is 9.79. The van der Waals surface area contributed by atoms with Crippen LogP contribution in [0.1, 0.15) is 106 Å². The summed E-state index contributed by atoms with van der Waals surface area (Å²) < 4.78 is 0. The first kappa shape index (κ1) is 33.2. The van der Waals surface area contributed by atoms with Gasteiger partial charge in [0.05, 0.1) is 0 Å². The number of benzene rings is 2. The third-order valence-electron chi connectivity index (χ3n) is 6.80. The Morgan fingerprint density at radius 1 is 0.632 bits per heavy atom. The van der Waals surface area contributed by atoms with Crippen molar-refractivity contribution >= 4 is 11.3 Å². The standard InChI is InChI=1S/C17H23N.C16H20.2C2H6/c1-17(2,3)14-10-12-16(13-11-14)18(4)15-8-6-5-7-9-15;1-16(2,3)15-11-9-14(10-12-15)13-7-5-4-6-8-13;2*1-2/h5-6,8,10-13H,7,9H2,1-4H3;4-9,11H,10,12H2,1-3H3;2*1-2H3. The minimum atomic E-state index is 0.226. The topological polar surface area (TPSA) is 3.24 Å². The molecule has 0 bridgehead atoms. The first-order valence-corrected chi connectivity index (χ1v) is 14.7. The van der Waals surface area contributed by atoms with Crippen LogP contribution in [0.25, 0.3) is 5.57 Å². The van der Waals surface area contributed by atoms with Crippen molar-refractivity contribution in [3.05, 3.63) is 107 Å². The molecule has 0 aromatic heterocycles. The van der Waals surface area contributed by atoms with Crippen molar-refractivity contribution in [3.63, 3.8) is 0 Å². The average Bonchev–Trinajstić information content (AvgIpc) is 2.95. The first-order chi connectivity index (χ1) is 18.1. The molecular weight excluding hydrogens is 458 g/mol. The SMILES string of the molecule is CC.CC.CC(C)(C)C1=CC=C(c2ccccc2)CC1.CN(C1=CC=CCC1)c1ccc(C(C)(C)C)cc1. The van der Waals surface area contributed by atoms with Gasteiger partial charge in [0.1, 0.15) is 0 Å². The van der Waals surface area contributed by atoms with Crippen molar-refractivity contribution in [2.75, 3.05) is 11.9 Å².